The van der Waals surface area contributed by atoms with Gasteiger partial charge in [0.25, 0.3) is 0 Å². The third-order valence-corrected chi connectivity index (χ3v) is 4.77. The number of carbonyl (C=O) groups excluding carboxylic acids is 1. The number of carboxylic acid groups (broad SMARTS) is 1. The zero-order valence-corrected chi connectivity index (χ0v) is 16.8. The summed E-state index contributed by atoms with van der Waals surface area (Å²) >= 11 is 0. The molecule has 0 atom stereocenters. The fourth-order valence-electron chi connectivity index (χ4n) is 3.22. The number of piperidine rings is 1. The molecule has 1 aliphatic rings. The number of rotatable bonds is 9. The van der Waals surface area contributed by atoms with Gasteiger partial charge in [0, 0.05) is 31.9 Å². The van der Waals surface area contributed by atoms with Crippen molar-refractivity contribution in [1.29, 1.82) is 0 Å². The molecule has 1 amide bonds. The molecule has 1 saturated heterocycles. The van der Waals surface area contributed by atoms with Crippen molar-refractivity contribution in [3.05, 3.63) is 53.9 Å². The average molecular weight is 414 g/mol. The van der Waals surface area contributed by atoms with Crippen LogP contribution in [-0.4, -0.2) is 59.8 Å². The number of carbonyl (C=O) groups is 2. The van der Waals surface area contributed by atoms with Crippen LogP contribution in [0.25, 0.3) is 0 Å². The highest BCUT2D eigenvalue weighted by atomic mass is 16.7. The number of benzene rings is 1. The summed E-state index contributed by atoms with van der Waals surface area (Å²) in [5.41, 5.74) is 0.748. The number of aromatic nitrogens is 1. The first-order chi connectivity index (χ1) is 14.5. The zero-order chi connectivity index (χ0) is 21.3. The molecule has 1 aliphatic heterocycles. The molecule has 2 heterocycles. The molecule has 0 saturated carbocycles. The Labute approximate surface area is 175 Å². The van der Waals surface area contributed by atoms with Crippen LogP contribution in [0.5, 0.6) is 11.5 Å². The first-order valence-electron chi connectivity index (χ1n) is 9.79. The van der Waals surface area contributed by atoms with Crippen molar-refractivity contribution in [2.75, 3.05) is 26.7 Å². The summed E-state index contributed by atoms with van der Waals surface area (Å²) in [4.78, 5) is 33.2. The highest BCUT2D eigenvalue weighted by Gasteiger charge is 2.22. The second kappa shape index (κ2) is 10.6. The van der Waals surface area contributed by atoms with E-state index in [9.17, 15) is 9.59 Å². The van der Waals surface area contributed by atoms with E-state index in [4.69, 9.17) is 14.7 Å². The molecular weight excluding hydrogens is 388 g/mol. The van der Waals surface area contributed by atoms with Gasteiger partial charge in [-0.3, -0.25) is 9.78 Å². The lowest BCUT2D eigenvalue weighted by molar-refractivity contribution is -0.122. The zero-order valence-electron chi connectivity index (χ0n) is 16.8. The van der Waals surface area contributed by atoms with Crippen LogP contribution in [0.2, 0.25) is 0 Å². The monoisotopic (exact) mass is 414 g/mol. The van der Waals surface area contributed by atoms with Gasteiger partial charge < -0.3 is 25.3 Å². The highest BCUT2D eigenvalue weighted by Crippen LogP contribution is 2.27. The van der Waals surface area contributed by atoms with Gasteiger partial charge in [0.1, 0.15) is 0 Å². The Bertz CT molecular complexity index is 868. The Morgan fingerprint density at radius 3 is 2.63 bits per heavy atom. The Morgan fingerprint density at radius 1 is 1.20 bits per heavy atom. The molecule has 1 fully saturated rings. The molecule has 160 valence electrons. The molecule has 1 aromatic heterocycles. The van der Waals surface area contributed by atoms with Crippen molar-refractivity contribution in [1.82, 2.24) is 20.7 Å². The molecule has 30 heavy (non-hydrogen) atoms. The fraction of sp³-hybridized carbons (Fsp3) is 0.381. The first kappa shape index (κ1) is 21.5. The largest absolute Gasteiger partial charge is 0.493 e. The van der Waals surface area contributed by atoms with Gasteiger partial charge in [-0.25, -0.2) is 4.79 Å². The third-order valence-electron chi connectivity index (χ3n) is 4.77. The van der Waals surface area contributed by atoms with Crippen molar-refractivity contribution in [3.63, 3.8) is 0 Å². The normalized spacial score (nSPS) is 14.8. The van der Waals surface area contributed by atoms with Crippen LogP contribution < -0.4 is 20.2 Å². The number of hydrogen-bond acceptors (Lipinski definition) is 7. The van der Waals surface area contributed by atoms with Crippen LogP contribution in [0.15, 0.2) is 42.6 Å². The Balaban J connectivity index is 1.37. The Kier molecular flexibility index (Phi) is 7.58. The number of nitrogens with one attached hydrogen (secondary N) is 2. The molecule has 0 aliphatic carbocycles. The van der Waals surface area contributed by atoms with Crippen LogP contribution >= 0.6 is 0 Å². The van der Waals surface area contributed by atoms with Gasteiger partial charge in [0.15, 0.2) is 11.5 Å². The molecular formula is C21H26N4O5. The predicted molar refractivity (Wildman–Crippen MR) is 109 cm³/mol. The Morgan fingerprint density at radius 2 is 1.93 bits per heavy atom. The number of carboxylic acids is 1. The number of aromatic carboxylic acids is 1. The van der Waals surface area contributed by atoms with Crippen LogP contribution in [-0.2, 0) is 11.3 Å². The van der Waals surface area contributed by atoms with Crippen LogP contribution in [0, 0.1) is 0 Å². The van der Waals surface area contributed by atoms with Crippen molar-refractivity contribution in [2.45, 2.75) is 25.4 Å². The molecule has 9 heteroatoms. The second-order valence-electron chi connectivity index (χ2n) is 6.96. The van der Waals surface area contributed by atoms with Gasteiger partial charge in [0.2, 0.25) is 5.91 Å². The third kappa shape index (κ3) is 6.16. The van der Waals surface area contributed by atoms with E-state index in [0.29, 0.717) is 36.8 Å². The van der Waals surface area contributed by atoms with E-state index in [0.717, 1.165) is 12.8 Å². The predicted octanol–water partition coefficient (Wildman–Crippen LogP) is 1.45. The average Bonchev–Trinajstić information content (AvgIpc) is 2.75. The SMILES string of the molecule is COc1ccccc1ON1CCC(NC(=O)CNCc2cc(C(=O)O)ccn2)CC1. The summed E-state index contributed by atoms with van der Waals surface area (Å²) < 4.78 is 5.30. The standard InChI is InChI=1S/C21H26N4O5/c1-29-18-4-2-3-5-19(18)30-25-10-7-16(8-11-25)24-20(26)14-22-13-17-12-15(21(27)28)6-9-23-17/h2-6,9,12,16,22H,7-8,10-11,13-14H2,1H3,(H,24,26)(H,27,28). The topological polar surface area (TPSA) is 113 Å². The van der Waals surface area contributed by atoms with Gasteiger partial charge in [-0.1, -0.05) is 12.1 Å². The number of hydroxylamine groups is 2. The lowest BCUT2D eigenvalue weighted by Crippen LogP contribution is -2.47. The summed E-state index contributed by atoms with van der Waals surface area (Å²) in [6.45, 7) is 1.85. The van der Waals surface area contributed by atoms with E-state index in [1.165, 1.54) is 18.3 Å². The fourth-order valence-corrected chi connectivity index (χ4v) is 3.22. The van der Waals surface area contributed by atoms with Crippen molar-refractivity contribution < 1.29 is 24.3 Å². The molecule has 9 nitrogen and oxygen atoms in total. The molecule has 0 bridgehead atoms. The maximum atomic E-state index is 12.2. The van der Waals surface area contributed by atoms with Crippen LogP contribution in [0.4, 0.5) is 0 Å². The van der Waals surface area contributed by atoms with E-state index >= 15 is 0 Å². The van der Waals surface area contributed by atoms with Crippen molar-refractivity contribution in [2.24, 2.45) is 0 Å². The van der Waals surface area contributed by atoms with Gasteiger partial charge in [0.05, 0.1) is 24.9 Å². The second-order valence-corrected chi connectivity index (χ2v) is 6.96. The number of methoxy groups -OCH3 is 1. The summed E-state index contributed by atoms with van der Waals surface area (Å²) in [5.74, 6) is 0.251. The molecule has 0 spiro atoms. The van der Waals surface area contributed by atoms with Gasteiger partial charge in [-0.15, -0.1) is 5.06 Å². The minimum atomic E-state index is -1.00. The quantitative estimate of drug-likeness (QED) is 0.565. The molecule has 3 N–H and O–H groups in total. The highest BCUT2D eigenvalue weighted by molar-refractivity contribution is 5.87. The number of hydrogen-bond donors (Lipinski definition) is 3. The smallest absolute Gasteiger partial charge is 0.335 e. The lowest BCUT2D eigenvalue weighted by Gasteiger charge is -2.31. The van der Waals surface area contributed by atoms with Crippen LogP contribution in [0.3, 0.4) is 0 Å². The summed E-state index contributed by atoms with van der Waals surface area (Å²) in [6, 6.07) is 10.5. The summed E-state index contributed by atoms with van der Waals surface area (Å²) in [5, 5.41) is 16.9. The number of nitrogens with zero attached hydrogens (tertiary/aromatic N) is 2. The minimum Gasteiger partial charge on any atom is -0.493 e. The van der Waals surface area contributed by atoms with E-state index in [2.05, 4.69) is 15.6 Å². The minimum absolute atomic E-state index is 0.0882. The number of para-hydroxylation sites is 2. The van der Waals surface area contributed by atoms with Crippen molar-refractivity contribution >= 4 is 11.9 Å². The number of ether oxygens (including phenoxy) is 1. The molecule has 0 unspecified atom stereocenters. The maximum absolute atomic E-state index is 12.2. The maximum Gasteiger partial charge on any atom is 0.335 e. The molecule has 2 aromatic rings. The van der Waals surface area contributed by atoms with Crippen molar-refractivity contribution in [3.8, 4) is 11.5 Å². The van der Waals surface area contributed by atoms with Gasteiger partial charge >= 0.3 is 5.97 Å². The molecule has 3 rings (SSSR count). The number of pyridine rings is 1. The van der Waals surface area contributed by atoms with Gasteiger partial charge in [-0.2, -0.15) is 0 Å². The lowest BCUT2D eigenvalue weighted by atomic mass is 10.1. The van der Waals surface area contributed by atoms with E-state index in [-0.39, 0.29) is 24.1 Å². The van der Waals surface area contributed by atoms with E-state index in [1.54, 1.807) is 7.11 Å². The number of amides is 1. The van der Waals surface area contributed by atoms with Crippen LogP contribution in [0.1, 0.15) is 28.9 Å². The van der Waals surface area contributed by atoms with Gasteiger partial charge in [-0.05, 0) is 37.1 Å². The van der Waals surface area contributed by atoms with E-state index < -0.39 is 5.97 Å². The Hall–Kier alpha value is -3.17. The summed E-state index contributed by atoms with van der Waals surface area (Å²) in [7, 11) is 1.61. The first-order valence-corrected chi connectivity index (χ1v) is 9.79. The van der Waals surface area contributed by atoms with E-state index in [1.807, 2.05) is 29.3 Å². The molecule has 1 aromatic carbocycles. The summed E-state index contributed by atoms with van der Waals surface area (Å²) in [6.07, 6.45) is 3.01. The molecule has 0 radical (unpaired) electrons.